The van der Waals surface area contributed by atoms with Gasteiger partial charge in [0.25, 0.3) is 0 Å². The number of nitrogens with zero attached hydrogens (tertiary/aromatic N) is 1. The predicted molar refractivity (Wildman–Crippen MR) is 89.4 cm³/mol. The van der Waals surface area contributed by atoms with Gasteiger partial charge in [0.2, 0.25) is 0 Å². The Labute approximate surface area is 134 Å². The predicted octanol–water partition coefficient (Wildman–Crippen LogP) is 3.35. The number of morpholine rings is 1. The van der Waals surface area contributed by atoms with E-state index in [9.17, 15) is 0 Å². The molecule has 114 valence electrons. The van der Waals surface area contributed by atoms with E-state index in [2.05, 4.69) is 52.1 Å². The van der Waals surface area contributed by atoms with Crippen molar-refractivity contribution in [1.29, 1.82) is 0 Å². The van der Waals surface area contributed by atoms with Gasteiger partial charge < -0.3 is 10.1 Å². The Morgan fingerprint density at radius 1 is 1.35 bits per heavy atom. The summed E-state index contributed by atoms with van der Waals surface area (Å²) in [4.78, 5) is 3.98. The number of nitrogens with one attached hydrogen (secondary N) is 1. The Morgan fingerprint density at radius 3 is 2.70 bits per heavy atom. The van der Waals surface area contributed by atoms with Crippen LogP contribution in [0.3, 0.4) is 0 Å². The lowest BCUT2D eigenvalue weighted by Gasteiger charge is -2.35. The Kier molecular flexibility index (Phi) is 6.97. The number of rotatable bonds is 7. The van der Waals surface area contributed by atoms with Crippen molar-refractivity contribution in [1.82, 2.24) is 10.2 Å². The molecule has 1 N–H and O–H groups in total. The first-order chi connectivity index (χ1) is 9.65. The molecule has 2 heterocycles. The van der Waals surface area contributed by atoms with E-state index in [1.54, 1.807) is 0 Å². The van der Waals surface area contributed by atoms with Gasteiger partial charge in [-0.15, -0.1) is 11.3 Å². The zero-order valence-electron chi connectivity index (χ0n) is 12.4. The van der Waals surface area contributed by atoms with E-state index in [4.69, 9.17) is 4.74 Å². The molecule has 0 amide bonds. The molecule has 0 aliphatic carbocycles. The van der Waals surface area contributed by atoms with Gasteiger partial charge in [-0.3, -0.25) is 4.90 Å². The zero-order chi connectivity index (χ0) is 14.4. The van der Waals surface area contributed by atoms with E-state index in [1.807, 2.05) is 11.3 Å². The van der Waals surface area contributed by atoms with Gasteiger partial charge in [0.1, 0.15) is 0 Å². The van der Waals surface area contributed by atoms with Crippen LogP contribution in [-0.4, -0.2) is 43.8 Å². The second kappa shape index (κ2) is 8.49. The highest BCUT2D eigenvalue weighted by atomic mass is 79.9. The molecule has 0 radical (unpaired) electrons. The Balaban J connectivity index is 1.80. The Bertz CT molecular complexity index is 391. The molecule has 0 aromatic carbocycles. The zero-order valence-corrected chi connectivity index (χ0v) is 14.8. The summed E-state index contributed by atoms with van der Waals surface area (Å²) in [6.07, 6.45) is 1.25. The minimum atomic E-state index is 0.627. The lowest BCUT2D eigenvalue weighted by molar-refractivity contribution is 0.0123. The molecule has 1 aromatic rings. The average molecular weight is 361 g/mol. The van der Waals surface area contributed by atoms with E-state index in [0.717, 1.165) is 45.3 Å². The standard InChI is InChI=1S/C15H25BrN2OS/c1-12(2)9-13(18-5-7-19-8-6-18)10-17-11-14-3-4-15(16)20-14/h3-4,12-13,17H,5-11H2,1-2H3. The lowest BCUT2D eigenvalue weighted by Crippen LogP contribution is -2.48. The maximum atomic E-state index is 5.47. The summed E-state index contributed by atoms with van der Waals surface area (Å²) in [7, 11) is 0. The van der Waals surface area contributed by atoms with Crippen LogP contribution in [0.25, 0.3) is 0 Å². The molecule has 2 rings (SSSR count). The summed E-state index contributed by atoms with van der Waals surface area (Å²) < 4.78 is 6.68. The molecule has 1 aliphatic rings. The molecular formula is C15H25BrN2OS. The van der Waals surface area contributed by atoms with E-state index in [-0.39, 0.29) is 0 Å². The van der Waals surface area contributed by atoms with Gasteiger partial charge in [-0.2, -0.15) is 0 Å². The first-order valence-corrected chi connectivity index (χ1v) is 9.03. The van der Waals surface area contributed by atoms with Gasteiger partial charge >= 0.3 is 0 Å². The highest BCUT2D eigenvalue weighted by Gasteiger charge is 2.21. The number of thiophene rings is 1. The SMILES string of the molecule is CC(C)CC(CNCc1ccc(Br)s1)N1CCOCC1. The maximum absolute atomic E-state index is 5.47. The third-order valence-corrected chi connectivity index (χ3v) is 5.24. The molecular weight excluding hydrogens is 336 g/mol. The van der Waals surface area contributed by atoms with Gasteiger partial charge in [-0.05, 0) is 40.4 Å². The molecule has 20 heavy (non-hydrogen) atoms. The van der Waals surface area contributed by atoms with Crippen LogP contribution in [0.15, 0.2) is 15.9 Å². The molecule has 1 atom stereocenters. The van der Waals surface area contributed by atoms with Crippen LogP contribution in [-0.2, 0) is 11.3 Å². The second-order valence-corrected chi connectivity index (χ2v) is 8.32. The molecule has 1 aliphatic heterocycles. The summed E-state index contributed by atoms with van der Waals surface area (Å²) in [6, 6.07) is 4.94. The largest absolute Gasteiger partial charge is 0.379 e. The monoisotopic (exact) mass is 360 g/mol. The van der Waals surface area contributed by atoms with Crippen molar-refractivity contribution < 1.29 is 4.74 Å². The number of halogens is 1. The smallest absolute Gasteiger partial charge is 0.0701 e. The van der Waals surface area contributed by atoms with Crippen LogP contribution in [0, 0.1) is 5.92 Å². The van der Waals surface area contributed by atoms with Crippen LogP contribution < -0.4 is 5.32 Å². The van der Waals surface area contributed by atoms with Crippen molar-refractivity contribution in [2.24, 2.45) is 5.92 Å². The first-order valence-electron chi connectivity index (χ1n) is 7.42. The summed E-state index contributed by atoms with van der Waals surface area (Å²) in [5.41, 5.74) is 0. The molecule has 1 fully saturated rings. The van der Waals surface area contributed by atoms with Gasteiger partial charge in [-0.1, -0.05) is 13.8 Å². The molecule has 0 saturated carbocycles. The minimum Gasteiger partial charge on any atom is -0.379 e. The number of hydrogen-bond acceptors (Lipinski definition) is 4. The van der Waals surface area contributed by atoms with Crippen LogP contribution in [0.4, 0.5) is 0 Å². The Morgan fingerprint density at radius 2 is 2.10 bits per heavy atom. The summed E-state index contributed by atoms with van der Waals surface area (Å²) in [5, 5.41) is 3.62. The van der Waals surface area contributed by atoms with E-state index < -0.39 is 0 Å². The first kappa shape index (κ1) is 16.4. The van der Waals surface area contributed by atoms with Gasteiger partial charge in [0, 0.05) is 37.1 Å². The van der Waals surface area contributed by atoms with Crippen LogP contribution in [0.5, 0.6) is 0 Å². The highest BCUT2D eigenvalue weighted by Crippen LogP contribution is 2.22. The molecule has 5 heteroatoms. The summed E-state index contributed by atoms with van der Waals surface area (Å²) in [6.45, 7) is 10.6. The van der Waals surface area contributed by atoms with Gasteiger partial charge in [-0.25, -0.2) is 0 Å². The van der Waals surface area contributed by atoms with Crippen LogP contribution in [0.1, 0.15) is 25.1 Å². The topological polar surface area (TPSA) is 24.5 Å². The van der Waals surface area contributed by atoms with Crippen LogP contribution in [0.2, 0.25) is 0 Å². The fourth-order valence-corrected chi connectivity index (χ4v) is 4.11. The molecule has 0 bridgehead atoms. The average Bonchev–Trinajstić information content (AvgIpc) is 2.84. The number of ether oxygens (including phenoxy) is 1. The second-order valence-electron chi connectivity index (χ2n) is 5.77. The molecule has 1 unspecified atom stereocenters. The fraction of sp³-hybridized carbons (Fsp3) is 0.733. The van der Waals surface area contributed by atoms with Gasteiger partial charge in [0.05, 0.1) is 17.0 Å². The van der Waals surface area contributed by atoms with Crippen molar-refractivity contribution in [2.45, 2.75) is 32.9 Å². The highest BCUT2D eigenvalue weighted by molar-refractivity contribution is 9.11. The minimum absolute atomic E-state index is 0.627. The van der Waals surface area contributed by atoms with Crippen molar-refractivity contribution in [3.63, 3.8) is 0 Å². The van der Waals surface area contributed by atoms with E-state index >= 15 is 0 Å². The normalized spacial score (nSPS) is 18.6. The van der Waals surface area contributed by atoms with Crippen molar-refractivity contribution in [3.8, 4) is 0 Å². The molecule has 1 saturated heterocycles. The summed E-state index contributed by atoms with van der Waals surface area (Å²) >= 11 is 5.33. The molecule has 0 spiro atoms. The van der Waals surface area contributed by atoms with Crippen molar-refractivity contribution in [2.75, 3.05) is 32.8 Å². The van der Waals surface area contributed by atoms with Crippen molar-refractivity contribution >= 4 is 27.3 Å². The van der Waals surface area contributed by atoms with Crippen LogP contribution >= 0.6 is 27.3 Å². The third-order valence-electron chi connectivity index (χ3n) is 3.61. The fourth-order valence-electron chi connectivity index (χ4n) is 2.66. The molecule has 1 aromatic heterocycles. The maximum Gasteiger partial charge on any atom is 0.0701 e. The number of hydrogen-bond donors (Lipinski definition) is 1. The van der Waals surface area contributed by atoms with Crippen molar-refractivity contribution in [3.05, 3.63) is 20.8 Å². The van der Waals surface area contributed by atoms with Gasteiger partial charge in [0.15, 0.2) is 0 Å². The third kappa shape index (κ3) is 5.45. The summed E-state index contributed by atoms with van der Waals surface area (Å²) in [5.74, 6) is 0.737. The van der Waals surface area contributed by atoms with E-state index in [1.165, 1.54) is 15.1 Å². The van der Waals surface area contributed by atoms with E-state index in [0.29, 0.717) is 6.04 Å². The Hall–Kier alpha value is 0.0600. The quantitative estimate of drug-likeness (QED) is 0.806. The molecule has 3 nitrogen and oxygen atoms in total. The lowest BCUT2D eigenvalue weighted by atomic mass is 10.0.